The molecule has 0 saturated carbocycles. The average molecular weight is 866 g/mol. The summed E-state index contributed by atoms with van der Waals surface area (Å²) in [6.07, 6.45) is 0. The molecule has 0 fully saturated rings. The summed E-state index contributed by atoms with van der Waals surface area (Å²) in [5, 5.41) is 11.2. The minimum absolute atomic E-state index is 0.878. The zero-order chi connectivity index (χ0) is 45.0. The van der Waals surface area contributed by atoms with Crippen molar-refractivity contribution in [2.75, 3.05) is 4.90 Å². The fourth-order valence-corrected chi connectivity index (χ4v) is 10.2. The third-order valence-electron chi connectivity index (χ3n) is 13.6. The highest BCUT2D eigenvalue weighted by atomic mass is 16.3. The van der Waals surface area contributed by atoms with Gasteiger partial charge in [0.2, 0.25) is 0 Å². The van der Waals surface area contributed by atoms with Crippen molar-refractivity contribution in [3.63, 3.8) is 0 Å². The number of furan rings is 1. The molecule has 0 atom stereocenters. The third-order valence-corrected chi connectivity index (χ3v) is 13.6. The minimum Gasteiger partial charge on any atom is -0.455 e. The fourth-order valence-electron chi connectivity index (χ4n) is 10.2. The minimum atomic E-state index is 0.878. The summed E-state index contributed by atoms with van der Waals surface area (Å²) < 4.78 is 6.61. The fraction of sp³-hybridized carbons (Fsp3) is 0. The van der Waals surface area contributed by atoms with Crippen molar-refractivity contribution in [2.45, 2.75) is 0 Å². The molecule has 0 N–H and O–H groups in total. The summed E-state index contributed by atoms with van der Waals surface area (Å²) in [4.78, 5) is 2.35. The van der Waals surface area contributed by atoms with E-state index in [2.05, 4.69) is 260 Å². The first-order chi connectivity index (χ1) is 33.7. The summed E-state index contributed by atoms with van der Waals surface area (Å²) in [6, 6.07) is 94.3. The van der Waals surface area contributed by atoms with E-state index in [1.807, 2.05) is 6.07 Å². The number of fused-ring (bicyclic) bond motifs is 7. The van der Waals surface area contributed by atoms with Gasteiger partial charge < -0.3 is 9.32 Å². The summed E-state index contributed by atoms with van der Waals surface area (Å²) in [6.45, 7) is 0. The second-order valence-electron chi connectivity index (χ2n) is 17.7. The van der Waals surface area contributed by atoms with E-state index in [9.17, 15) is 0 Å². The molecule has 0 unspecified atom stereocenters. The number of anilines is 3. The monoisotopic (exact) mass is 865 g/mol. The predicted molar refractivity (Wildman–Crippen MR) is 288 cm³/mol. The average Bonchev–Trinajstić information content (AvgIpc) is 3.81. The number of hydrogen-bond acceptors (Lipinski definition) is 2. The van der Waals surface area contributed by atoms with E-state index in [-0.39, 0.29) is 0 Å². The number of rotatable bonds is 8. The maximum absolute atomic E-state index is 6.61. The van der Waals surface area contributed by atoms with Crippen molar-refractivity contribution in [3.8, 4) is 55.8 Å². The lowest BCUT2D eigenvalue weighted by molar-refractivity contribution is 0.632. The van der Waals surface area contributed by atoms with Crippen LogP contribution in [-0.2, 0) is 0 Å². The van der Waals surface area contributed by atoms with E-state index >= 15 is 0 Å². The van der Waals surface area contributed by atoms with Crippen LogP contribution in [0.5, 0.6) is 0 Å². The Hall–Kier alpha value is -8.98. The van der Waals surface area contributed by atoms with Gasteiger partial charge in [-0.2, -0.15) is 0 Å². The molecule has 0 aliphatic carbocycles. The molecule has 2 nitrogen and oxygen atoms in total. The van der Waals surface area contributed by atoms with Crippen LogP contribution in [-0.4, -0.2) is 0 Å². The molecule has 68 heavy (non-hydrogen) atoms. The van der Waals surface area contributed by atoms with Gasteiger partial charge in [-0.3, -0.25) is 0 Å². The molecule has 0 amide bonds. The van der Waals surface area contributed by atoms with Crippen molar-refractivity contribution in [2.24, 2.45) is 0 Å². The Morgan fingerprint density at radius 3 is 1.18 bits per heavy atom. The molecular weight excluding hydrogens is 823 g/mol. The maximum atomic E-state index is 6.61. The molecule has 1 aromatic heterocycles. The van der Waals surface area contributed by atoms with Gasteiger partial charge >= 0.3 is 0 Å². The van der Waals surface area contributed by atoms with Gasteiger partial charge in [-0.25, -0.2) is 0 Å². The highest BCUT2D eigenvalue weighted by molar-refractivity contribution is 6.10. The molecule has 1 heterocycles. The smallest absolute Gasteiger partial charge is 0.143 e. The van der Waals surface area contributed by atoms with E-state index in [1.54, 1.807) is 0 Å². The molecule has 0 bridgehead atoms. The van der Waals surface area contributed by atoms with Gasteiger partial charge in [0.15, 0.2) is 0 Å². The zero-order valence-corrected chi connectivity index (χ0v) is 37.2. The van der Waals surface area contributed by atoms with Crippen LogP contribution in [0.3, 0.4) is 0 Å². The van der Waals surface area contributed by atoms with Crippen LogP contribution in [0.2, 0.25) is 0 Å². The van der Waals surface area contributed by atoms with Crippen LogP contribution in [0.4, 0.5) is 17.1 Å². The van der Waals surface area contributed by atoms with Crippen LogP contribution in [0.15, 0.2) is 265 Å². The van der Waals surface area contributed by atoms with Crippen LogP contribution in [0.25, 0.3) is 110 Å². The van der Waals surface area contributed by atoms with Crippen LogP contribution < -0.4 is 4.90 Å². The van der Waals surface area contributed by atoms with Gasteiger partial charge in [0.25, 0.3) is 0 Å². The second kappa shape index (κ2) is 16.5. The van der Waals surface area contributed by atoms with Crippen LogP contribution >= 0.6 is 0 Å². The van der Waals surface area contributed by atoms with E-state index in [4.69, 9.17) is 4.42 Å². The largest absolute Gasteiger partial charge is 0.455 e. The quantitative estimate of drug-likeness (QED) is 0.142. The van der Waals surface area contributed by atoms with Crippen LogP contribution in [0, 0.1) is 0 Å². The Bertz CT molecular complexity index is 3830. The summed E-state index contributed by atoms with van der Waals surface area (Å²) >= 11 is 0. The molecule has 0 aliphatic rings. The Labute approximate surface area is 395 Å². The number of benzene rings is 12. The van der Waals surface area contributed by atoms with Crippen molar-refractivity contribution >= 4 is 71.1 Å². The Morgan fingerprint density at radius 1 is 0.235 bits per heavy atom. The van der Waals surface area contributed by atoms with E-state index in [0.29, 0.717) is 0 Å². The van der Waals surface area contributed by atoms with E-state index < -0.39 is 0 Å². The lowest BCUT2D eigenvalue weighted by Crippen LogP contribution is -2.09. The van der Waals surface area contributed by atoms with Gasteiger partial charge in [-0.15, -0.1) is 0 Å². The normalized spacial score (nSPS) is 11.5. The van der Waals surface area contributed by atoms with Crippen molar-refractivity contribution in [3.05, 3.63) is 261 Å². The molecule has 0 aliphatic heterocycles. The molecule has 13 rings (SSSR count). The highest BCUT2D eigenvalue weighted by Crippen LogP contribution is 2.43. The maximum Gasteiger partial charge on any atom is 0.143 e. The predicted octanol–water partition coefficient (Wildman–Crippen LogP) is 18.9. The molecule has 13 aromatic rings. The second-order valence-corrected chi connectivity index (χ2v) is 17.7. The molecule has 12 aromatic carbocycles. The standard InChI is InChI=1S/C66H43NO/c1-2-13-49(14-3-1)65-63-19-8-9-20-64(63)68-66(65)55-16-10-15-50(43-55)44-25-33-56(34-26-44)67(57-35-27-45(28-36-57)51-31-39-61-53(41-51)23-21-47-11-4-6-17-59(47)61)58-37-29-46(30-38-58)52-32-40-62-54(42-52)24-22-48-12-5-7-18-60(48)62/h1-43H. The molecule has 2 heteroatoms. The zero-order valence-electron chi connectivity index (χ0n) is 37.2. The Balaban J connectivity index is 0.862. The van der Waals surface area contributed by atoms with Crippen molar-refractivity contribution < 1.29 is 4.42 Å². The van der Waals surface area contributed by atoms with Gasteiger partial charge in [-0.1, -0.05) is 200 Å². The number of para-hydroxylation sites is 1. The van der Waals surface area contributed by atoms with Crippen molar-refractivity contribution in [1.82, 2.24) is 0 Å². The topological polar surface area (TPSA) is 16.4 Å². The first-order valence-electron chi connectivity index (χ1n) is 23.3. The number of hydrogen-bond donors (Lipinski definition) is 0. The number of nitrogens with zero attached hydrogens (tertiary/aromatic N) is 1. The summed E-state index contributed by atoms with van der Waals surface area (Å²) in [7, 11) is 0. The lowest BCUT2D eigenvalue weighted by Gasteiger charge is -2.26. The molecule has 0 spiro atoms. The Morgan fingerprint density at radius 2 is 0.632 bits per heavy atom. The summed E-state index contributed by atoms with van der Waals surface area (Å²) in [5.41, 5.74) is 14.4. The lowest BCUT2D eigenvalue weighted by atomic mass is 9.96. The first kappa shape index (κ1) is 39.4. The summed E-state index contributed by atoms with van der Waals surface area (Å²) in [5.74, 6) is 0.878. The van der Waals surface area contributed by atoms with Crippen LogP contribution in [0.1, 0.15) is 0 Å². The third kappa shape index (κ3) is 6.99. The van der Waals surface area contributed by atoms with Gasteiger partial charge in [0.1, 0.15) is 11.3 Å². The molecule has 0 saturated heterocycles. The van der Waals surface area contributed by atoms with Crippen molar-refractivity contribution in [1.29, 1.82) is 0 Å². The SMILES string of the molecule is c1ccc(-c2c(-c3cccc(-c4ccc(N(c5ccc(-c6ccc7c(ccc8ccccc87)c6)cc5)c5ccc(-c6ccc7c(ccc8ccccc87)c6)cc5)cc4)c3)oc3ccccc23)cc1. The van der Waals surface area contributed by atoms with Gasteiger partial charge in [0.05, 0.1) is 0 Å². The molecule has 0 radical (unpaired) electrons. The highest BCUT2D eigenvalue weighted by Gasteiger charge is 2.19. The van der Waals surface area contributed by atoms with Gasteiger partial charge in [0, 0.05) is 33.6 Å². The van der Waals surface area contributed by atoms with E-state index in [0.717, 1.165) is 61.6 Å². The Kier molecular flexibility index (Phi) is 9.54. The first-order valence-corrected chi connectivity index (χ1v) is 23.3. The van der Waals surface area contributed by atoms with E-state index in [1.165, 1.54) is 65.3 Å². The molecular formula is C66H43NO. The molecule has 318 valence electrons. The van der Waals surface area contributed by atoms with Gasteiger partial charge in [-0.05, 0) is 143 Å².